The normalized spacial score (nSPS) is 13.7. The molecule has 0 unspecified atom stereocenters. The predicted molar refractivity (Wildman–Crippen MR) is 127 cm³/mol. The molecule has 1 aliphatic rings. The third kappa shape index (κ3) is 4.14. The van der Waals surface area contributed by atoms with Gasteiger partial charge in [0.2, 0.25) is 0 Å². The molecule has 0 aliphatic carbocycles. The Kier molecular flexibility index (Phi) is 5.91. The van der Waals surface area contributed by atoms with E-state index in [-0.39, 0.29) is 12.2 Å². The van der Waals surface area contributed by atoms with E-state index in [1.807, 2.05) is 6.07 Å². The molecule has 0 radical (unpaired) electrons. The number of fused-ring (bicyclic) bond motifs is 3. The van der Waals surface area contributed by atoms with Crippen LogP contribution >= 0.6 is 11.6 Å². The van der Waals surface area contributed by atoms with E-state index in [0.717, 1.165) is 43.5 Å². The Balaban J connectivity index is 1.44. The number of aromatic nitrogens is 3. The lowest BCUT2D eigenvalue weighted by molar-refractivity contribution is 0.299. The summed E-state index contributed by atoms with van der Waals surface area (Å²) in [6.07, 6.45) is 3.74. The summed E-state index contributed by atoms with van der Waals surface area (Å²) in [5.74, 6) is 0.473. The van der Waals surface area contributed by atoms with Crippen molar-refractivity contribution in [1.29, 1.82) is 0 Å². The SMILES string of the molecule is CCn1c2c(c3ccc(-n4ccc(OCc5ccc(Cl)cc5F)cc4=O)nc31)CNCCC2. The lowest BCUT2D eigenvalue weighted by atomic mass is 10.1. The highest BCUT2D eigenvalue weighted by atomic mass is 35.5. The zero-order valence-corrected chi connectivity index (χ0v) is 19.0. The molecular formula is C25H24ClFN4O2. The number of pyridine rings is 2. The van der Waals surface area contributed by atoms with Crippen LogP contribution in [0.3, 0.4) is 0 Å². The highest BCUT2D eigenvalue weighted by Gasteiger charge is 2.19. The van der Waals surface area contributed by atoms with E-state index in [0.29, 0.717) is 22.2 Å². The smallest absolute Gasteiger partial charge is 0.259 e. The van der Waals surface area contributed by atoms with Crippen molar-refractivity contribution in [2.75, 3.05) is 6.54 Å². The fourth-order valence-electron chi connectivity index (χ4n) is 4.42. The van der Waals surface area contributed by atoms with Crippen LogP contribution in [0.5, 0.6) is 5.75 Å². The molecule has 0 spiro atoms. The minimum Gasteiger partial charge on any atom is -0.489 e. The molecule has 1 aromatic carbocycles. The zero-order chi connectivity index (χ0) is 22.9. The number of benzene rings is 1. The first-order valence-corrected chi connectivity index (χ1v) is 11.4. The number of rotatable bonds is 5. The first-order valence-electron chi connectivity index (χ1n) is 11.1. The van der Waals surface area contributed by atoms with Gasteiger partial charge < -0.3 is 14.6 Å². The van der Waals surface area contributed by atoms with Gasteiger partial charge in [-0.1, -0.05) is 17.7 Å². The molecule has 4 heterocycles. The van der Waals surface area contributed by atoms with Gasteiger partial charge in [-0.15, -0.1) is 0 Å². The standard InChI is InChI=1S/C25H24ClFN4O2/c1-2-30-22-4-3-10-28-14-20(22)19-7-8-23(29-25(19)30)31-11-9-18(13-24(31)32)33-15-16-5-6-17(26)12-21(16)27/h5-9,11-13,28H,2-4,10,14-15H2,1H3. The second-order valence-corrected chi connectivity index (χ2v) is 8.52. The topological polar surface area (TPSA) is 61.1 Å². The summed E-state index contributed by atoms with van der Waals surface area (Å²) in [5, 5.41) is 4.94. The first kappa shape index (κ1) is 21.7. The van der Waals surface area contributed by atoms with Crippen LogP contribution in [-0.2, 0) is 26.1 Å². The minimum absolute atomic E-state index is 0.000267. The number of hydrogen-bond donors (Lipinski definition) is 1. The van der Waals surface area contributed by atoms with Crippen LogP contribution < -0.4 is 15.6 Å². The lowest BCUT2D eigenvalue weighted by Gasteiger charge is -2.10. The number of ether oxygens (including phenoxy) is 1. The van der Waals surface area contributed by atoms with Crippen molar-refractivity contribution in [2.24, 2.45) is 0 Å². The van der Waals surface area contributed by atoms with Crippen molar-refractivity contribution >= 4 is 22.6 Å². The number of nitrogens with zero attached hydrogens (tertiary/aromatic N) is 3. The van der Waals surface area contributed by atoms with E-state index in [2.05, 4.69) is 22.9 Å². The van der Waals surface area contributed by atoms with Crippen LogP contribution in [0.15, 0.2) is 53.5 Å². The van der Waals surface area contributed by atoms with Gasteiger partial charge in [0.25, 0.3) is 5.56 Å². The van der Waals surface area contributed by atoms with E-state index >= 15 is 0 Å². The van der Waals surface area contributed by atoms with Gasteiger partial charge in [0.05, 0.1) is 0 Å². The fourth-order valence-corrected chi connectivity index (χ4v) is 4.58. The Morgan fingerprint density at radius 2 is 2.09 bits per heavy atom. The van der Waals surface area contributed by atoms with Crippen molar-refractivity contribution in [3.05, 3.63) is 86.7 Å². The van der Waals surface area contributed by atoms with Crippen LogP contribution in [0.4, 0.5) is 4.39 Å². The van der Waals surface area contributed by atoms with E-state index in [1.54, 1.807) is 24.4 Å². The number of aryl methyl sites for hydroxylation is 1. The van der Waals surface area contributed by atoms with Gasteiger partial charge >= 0.3 is 0 Å². The van der Waals surface area contributed by atoms with Gasteiger partial charge in [-0.3, -0.25) is 9.36 Å². The van der Waals surface area contributed by atoms with Gasteiger partial charge in [0.1, 0.15) is 29.6 Å². The zero-order valence-electron chi connectivity index (χ0n) is 18.3. The van der Waals surface area contributed by atoms with E-state index in [4.69, 9.17) is 21.3 Å². The molecule has 3 aromatic heterocycles. The molecule has 0 bridgehead atoms. The molecule has 8 heteroatoms. The monoisotopic (exact) mass is 466 g/mol. The van der Waals surface area contributed by atoms with Crippen LogP contribution in [0, 0.1) is 5.82 Å². The van der Waals surface area contributed by atoms with E-state index < -0.39 is 5.82 Å². The summed E-state index contributed by atoms with van der Waals surface area (Å²) in [5.41, 5.74) is 3.62. The van der Waals surface area contributed by atoms with E-state index in [9.17, 15) is 9.18 Å². The maximum absolute atomic E-state index is 14.0. The van der Waals surface area contributed by atoms with Crippen molar-refractivity contribution in [3.63, 3.8) is 0 Å². The molecule has 0 saturated heterocycles. The molecule has 1 N–H and O–H groups in total. The molecule has 170 valence electrons. The first-order chi connectivity index (χ1) is 16.0. The summed E-state index contributed by atoms with van der Waals surface area (Å²) >= 11 is 5.79. The molecule has 33 heavy (non-hydrogen) atoms. The second kappa shape index (κ2) is 9.00. The number of hydrogen-bond acceptors (Lipinski definition) is 4. The summed E-state index contributed by atoms with van der Waals surface area (Å²) < 4.78 is 23.3. The van der Waals surface area contributed by atoms with Crippen LogP contribution in [0.25, 0.3) is 16.9 Å². The van der Waals surface area contributed by atoms with Crippen LogP contribution in [0.1, 0.15) is 30.2 Å². The Morgan fingerprint density at radius 3 is 2.88 bits per heavy atom. The Morgan fingerprint density at radius 1 is 1.21 bits per heavy atom. The lowest BCUT2D eigenvalue weighted by Crippen LogP contribution is -2.18. The molecule has 0 amide bonds. The highest BCUT2D eigenvalue weighted by Crippen LogP contribution is 2.28. The minimum atomic E-state index is -0.444. The molecule has 0 fully saturated rings. The summed E-state index contributed by atoms with van der Waals surface area (Å²) in [6.45, 7) is 4.79. The Bertz CT molecular complexity index is 1400. The molecular weight excluding hydrogens is 443 g/mol. The van der Waals surface area contributed by atoms with Crippen molar-refractivity contribution < 1.29 is 9.13 Å². The predicted octanol–water partition coefficient (Wildman–Crippen LogP) is 4.61. The Hall–Kier alpha value is -3.16. The van der Waals surface area contributed by atoms with Gasteiger partial charge in [-0.05, 0) is 62.2 Å². The summed E-state index contributed by atoms with van der Waals surface area (Å²) in [4.78, 5) is 17.7. The molecule has 0 saturated carbocycles. The average Bonchev–Trinajstić information content (AvgIpc) is 2.93. The third-order valence-electron chi connectivity index (χ3n) is 6.05. The van der Waals surface area contributed by atoms with Gasteiger partial charge in [0, 0.05) is 47.0 Å². The molecule has 1 aliphatic heterocycles. The average molecular weight is 467 g/mol. The second-order valence-electron chi connectivity index (χ2n) is 8.09. The van der Waals surface area contributed by atoms with Gasteiger partial charge in [-0.2, -0.15) is 0 Å². The van der Waals surface area contributed by atoms with Crippen molar-refractivity contribution in [1.82, 2.24) is 19.4 Å². The van der Waals surface area contributed by atoms with Crippen LogP contribution in [-0.4, -0.2) is 20.7 Å². The number of nitrogens with one attached hydrogen (secondary N) is 1. The molecule has 6 nitrogen and oxygen atoms in total. The van der Waals surface area contributed by atoms with Gasteiger partial charge in [0.15, 0.2) is 0 Å². The maximum atomic E-state index is 14.0. The van der Waals surface area contributed by atoms with Crippen LogP contribution in [0.2, 0.25) is 5.02 Å². The molecule has 0 atom stereocenters. The third-order valence-corrected chi connectivity index (χ3v) is 6.28. The quantitative estimate of drug-likeness (QED) is 0.466. The van der Waals surface area contributed by atoms with Gasteiger partial charge in [-0.25, -0.2) is 9.37 Å². The number of halogens is 2. The van der Waals surface area contributed by atoms with Crippen molar-refractivity contribution in [3.8, 4) is 11.6 Å². The Labute approximate surface area is 195 Å². The molecule has 5 rings (SSSR count). The van der Waals surface area contributed by atoms with Crippen molar-refractivity contribution in [2.45, 2.75) is 39.5 Å². The maximum Gasteiger partial charge on any atom is 0.259 e. The van der Waals surface area contributed by atoms with E-state index in [1.165, 1.54) is 28.0 Å². The largest absolute Gasteiger partial charge is 0.489 e. The fraction of sp³-hybridized carbons (Fsp3) is 0.280. The summed E-state index contributed by atoms with van der Waals surface area (Å²) in [7, 11) is 0. The highest BCUT2D eigenvalue weighted by molar-refractivity contribution is 6.30. The molecule has 4 aromatic rings. The summed E-state index contributed by atoms with van der Waals surface area (Å²) in [6, 6.07) is 11.4.